The van der Waals surface area contributed by atoms with Crippen molar-refractivity contribution in [3.8, 4) is 11.5 Å². The van der Waals surface area contributed by atoms with Crippen molar-refractivity contribution in [3.05, 3.63) is 54.1 Å². The molecule has 0 aliphatic heterocycles. The molecule has 2 aromatic rings. The van der Waals surface area contributed by atoms with E-state index in [0.29, 0.717) is 17.9 Å². The van der Waals surface area contributed by atoms with Gasteiger partial charge in [-0.3, -0.25) is 9.59 Å². The Morgan fingerprint density at radius 2 is 1.71 bits per heavy atom. The monoisotopic (exact) mass is 545 g/mol. The molecule has 2 rings (SSSR count). The Balaban J connectivity index is 2.47. The van der Waals surface area contributed by atoms with Gasteiger partial charge in [0, 0.05) is 23.5 Å². The predicted molar refractivity (Wildman–Crippen MR) is 151 cm³/mol. The number of hydrogen-bond donors (Lipinski definition) is 4. The van der Waals surface area contributed by atoms with Crippen molar-refractivity contribution >= 4 is 36.2 Å². The summed E-state index contributed by atoms with van der Waals surface area (Å²) in [7, 11) is 1.55. The zero-order valence-corrected chi connectivity index (χ0v) is 23.6. The van der Waals surface area contributed by atoms with Gasteiger partial charge in [0.15, 0.2) is 0 Å². The number of phenolic OH excluding ortho intramolecular Hbond substituents is 1. The van der Waals surface area contributed by atoms with E-state index >= 15 is 0 Å². The maximum Gasteiger partial charge on any atom is 0.408 e. The summed E-state index contributed by atoms with van der Waals surface area (Å²) >= 11 is 4.29. The third kappa shape index (κ3) is 9.16. The number of para-hydroxylation sites is 1. The maximum atomic E-state index is 13.9. The van der Waals surface area contributed by atoms with Gasteiger partial charge >= 0.3 is 6.09 Å². The molecule has 208 valence electrons. The highest BCUT2D eigenvalue weighted by Gasteiger charge is 2.37. The largest absolute Gasteiger partial charge is 0.508 e. The van der Waals surface area contributed by atoms with Crippen LogP contribution in [0.15, 0.2) is 48.5 Å². The van der Waals surface area contributed by atoms with E-state index in [1.807, 2.05) is 6.92 Å². The number of phenols is 1. The van der Waals surface area contributed by atoms with E-state index in [0.717, 1.165) is 12.8 Å². The summed E-state index contributed by atoms with van der Waals surface area (Å²) in [5.41, 5.74) is -0.000500. The number of carbonyl (C=O) groups is 3. The second-order valence-corrected chi connectivity index (χ2v) is 10.2. The Labute approximate surface area is 230 Å². The van der Waals surface area contributed by atoms with Crippen molar-refractivity contribution in [2.75, 3.05) is 24.7 Å². The molecule has 0 heterocycles. The van der Waals surface area contributed by atoms with Gasteiger partial charge in [0.05, 0.1) is 7.11 Å². The molecule has 0 bridgehead atoms. The number of nitrogens with zero attached hydrogens (tertiary/aromatic N) is 1. The first-order valence-electron chi connectivity index (χ1n) is 12.6. The van der Waals surface area contributed by atoms with Gasteiger partial charge in [-0.1, -0.05) is 38.0 Å². The number of thiol groups is 1. The minimum atomic E-state index is -1.18. The number of ether oxygens (including phenoxy) is 2. The van der Waals surface area contributed by atoms with E-state index in [1.165, 1.54) is 11.0 Å². The molecule has 0 aliphatic rings. The normalized spacial score (nSPS) is 12.7. The highest BCUT2D eigenvalue weighted by atomic mass is 32.1. The number of rotatable bonds is 12. The number of amides is 3. The number of nitrogens with one attached hydrogen (secondary N) is 2. The van der Waals surface area contributed by atoms with Gasteiger partial charge in [-0.15, -0.1) is 0 Å². The first-order chi connectivity index (χ1) is 18.0. The summed E-state index contributed by atoms with van der Waals surface area (Å²) in [6, 6.07) is 10.9. The molecule has 0 aliphatic carbocycles. The smallest absolute Gasteiger partial charge is 0.408 e. The number of hydrogen-bond acceptors (Lipinski definition) is 7. The average molecular weight is 546 g/mol. The van der Waals surface area contributed by atoms with Crippen molar-refractivity contribution < 1.29 is 29.0 Å². The third-order valence-electron chi connectivity index (χ3n) is 5.61. The third-order valence-corrected chi connectivity index (χ3v) is 5.97. The van der Waals surface area contributed by atoms with Crippen LogP contribution in [0.4, 0.5) is 10.5 Å². The number of benzene rings is 2. The van der Waals surface area contributed by atoms with Crippen LogP contribution in [0.5, 0.6) is 11.5 Å². The quantitative estimate of drug-likeness (QED) is 0.222. The fourth-order valence-electron chi connectivity index (χ4n) is 3.79. The molecule has 0 saturated heterocycles. The van der Waals surface area contributed by atoms with Crippen molar-refractivity contribution in [2.24, 2.45) is 0 Å². The minimum absolute atomic E-state index is 0.0179. The van der Waals surface area contributed by atoms with E-state index in [4.69, 9.17) is 9.47 Å². The molecule has 2 unspecified atom stereocenters. The van der Waals surface area contributed by atoms with Crippen molar-refractivity contribution in [3.63, 3.8) is 0 Å². The van der Waals surface area contributed by atoms with Gasteiger partial charge in [-0.25, -0.2) is 4.79 Å². The first kappa shape index (κ1) is 30.8. The van der Waals surface area contributed by atoms with E-state index in [9.17, 15) is 19.5 Å². The van der Waals surface area contributed by atoms with E-state index < -0.39 is 35.6 Å². The molecule has 0 aromatic heterocycles. The number of methoxy groups -OCH3 is 1. The van der Waals surface area contributed by atoms with Gasteiger partial charge in [0.1, 0.15) is 29.2 Å². The average Bonchev–Trinajstić information content (AvgIpc) is 2.86. The molecular weight excluding hydrogens is 506 g/mol. The Hall–Kier alpha value is -3.40. The lowest BCUT2D eigenvalue weighted by atomic mass is 10.0. The van der Waals surface area contributed by atoms with Crippen molar-refractivity contribution in [1.29, 1.82) is 0 Å². The lowest BCUT2D eigenvalue weighted by Crippen LogP contribution is -2.53. The van der Waals surface area contributed by atoms with Crippen LogP contribution in [0.25, 0.3) is 0 Å². The van der Waals surface area contributed by atoms with Crippen LogP contribution >= 0.6 is 12.6 Å². The molecule has 10 heteroatoms. The molecule has 2 atom stereocenters. The Bertz CT molecular complexity index is 1070. The fourth-order valence-corrected chi connectivity index (χ4v) is 4.04. The van der Waals surface area contributed by atoms with Gasteiger partial charge in [0.25, 0.3) is 5.91 Å². The molecule has 0 saturated carbocycles. The van der Waals surface area contributed by atoms with Crippen molar-refractivity contribution in [1.82, 2.24) is 10.2 Å². The van der Waals surface area contributed by atoms with Crippen LogP contribution in [0.2, 0.25) is 0 Å². The van der Waals surface area contributed by atoms with E-state index in [-0.39, 0.29) is 23.6 Å². The summed E-state index contributed by atoms with van der Waals surface area (Å²) in [6.45, 7) is 7.42. The van der Waals surface area contributed by atoms with E-state index in [2.05, 4.69) is 23.3 Å². The second kappa shape index (κ2) is 14.5. The van der Waals surface area contributed by atoms with Gasteiger partial charge < -0.3 is 30.1 Å². The molecule has 3 N–H and O–H groups in total. The highest BCUT2D eigenvalue weighted by molar-refractivity contribution is 7.80. The lowest BCUT2D eigenvalue weighted by molar-refractivity contribution is -0.140. The zero-order valence-electron chi connectivity index (χ0n) is 22.7. The maximum absolute atomic E-state index is 13.9. The SMILES string of the molecule is CCCCCN(C(=O)C(CS)NC(=O)OC(C)(C)C)C(C(=O)Nc1ccc(OC)cc1)c1ccccc1O. The standard InChI is InChI=1S/C28H39N3O6S/c1-6-7-10-17-31(26(34)22(18-38)30-27(35)37-28(2,3)4)24(21-11-8-9-12-23(21)32)25(33)29-19-13-15-20(36-5)16-14-19/h8-9,11-16,22,24,32,38H,6-7,10,17-18H2,1-5H3,(H,29,33)(H,30,35). The number of aromatic hydroxyl groups is 1. The van der Waals surface area contributed by atoms with Crippen LogP contribution in [-0.4, -0.2) is 59.0 Å². The Kier molecular flexibility index (Phi) is 11.8. The van der Waals surface area contributed by atoms with Gasteiger partial charge in [-0.05, 0) is 57.5 Å². The number of unbranched alkanes of at least 4 members (excludes halogenated alkanes) is 2. The Morgan fingerprint density at radius 3 is 2.26 bits per heavy atom. The summed E-state index contributed by atoms with van der Waals surface area (Å²) < 4.78 is 10.5. The van der Waals surface area contributed by atoms with Crippen molar-refractivity contribution in [2.45, 2.75) is 64.6 Å². The molecular formula is C28H39N3O6S. The van der Waals surface area contributed by atoms with Gasteiger partial charge in [-0.2, -0.15) is 12.6 Å². The first-order valence-corrected chi connectivity index (χ1v) is 13.3. The summed E-state index contributed by atoms with van der Waals surface area (Å²) in [5, 5.41) is 16.1. The fraction of sp³-hybridized carbons (Fsp3) is 0.464. The van der Waals surface area contributed by atoms with Crippen LogP contribution in [0.3, 0.4) is 0 Å². The molecule has 0 fully saturated rings. The molecule has 9 nitrogen and oxygen atoms in total. The summed E-state index contributed by atoms with van der Waals surface area (Å²) in [6.07, 6.45) is 1.57. The lowest BCUT2D eigenvalue weighted by Gasteiger charge is -2.34. The van der Waals surface area contributed by atoms with E-state index in [1.54, 1.807) is 70.3 Å². The Morgan fingerprint density at radius 1 is 1.05 bits per heavy atom. The predicted octanol–water partition coefficient (Wildman–Crippen LogP) is 4.92. The summed E-state index contributed by atoms with van der Waals surface area (Å²) in [5.74, 6) is -0.549. The second-order valence-electron chi connectivity index (χ2n) is 9.80. The zero-order chi connectivity index (χ0) is 28.3. The van der Waals surface area contributed by atoms with Crippen LogP contribution in [-0.2, 0) is 14.3 Å². The number of carbonyl (C=O) groups excluding carboxylic acids is 3. The van der Waals surface area contributed by atoms with Gasteiger partial charge in [0.2, 0.25) is 5.91 Å². The molecule has 38 heavy (non-hydrogen) atoms. The summed E-state index contributed by atoms with van der Waals surface area (Å²) in [4.78, 5) is 41.5. The molecule has 3 amide bonds. The van der Waals surface area contributed by atoms with Crippen LogP contribution in [0, 0.1) is 0 Å². The van der Waals surface area contributed by atoms with Crippen LogP contribution < -0.4 is 15.4 Å². The minimum Gasteiger partial charge on any atom is -0.508 e. The highest BCUT2D eigenvalue weighted by Crippen LogP contribution is 2.31. The number of alkyl carbamates (subject to hydrolysis) is 1. The molecule has 0 spiro atoms. The topological polar surface area (TPSA) is 117 Å². The van der Waals surface area contributed by atoms with Crippen LogP contribution in [0.1, 0.15) is 58.6 Å². The number of anilines is 1. The molecule has 2 aromatic carbocycles. The molecule has 0 radical (unpaired) electrons.